The third-order valence-electron chi connectivity index (χ3n) is 2.39. The molecule has 0 atom stereocenters. The monoisotopic (exact) mass is 243 g/mol. The molecule has 0 radical (unpaired) electrons. The number of aryl methyl sites for hydroxylation is 1. The molecule has 0 saturated carbocycles. The van der Waals surface area contributed by atoms with E-state index >= 15 is 0 Å². The van der Waals surface area contributed by atoms with Gasteiger partial charge in [-0.2, -0.15) is 4.31 Å². The molecule has 0 fully saturated rings. The van der Waals surface area contributed by atoms with Crippen molar-refractivity contribution in [3.63, 3.8) is 0 Å². The minimum atomic E-state index is -3.39. The Morgan fingerprint density at radius 3 is 2.50 bits per heavy atom. The molecule has 16 heavy (non-hydrogen) atoms. The zero-order chi connectivity index (χ0) is 12.2. The highest BCUT2D eigenvalue weighted by molar-refractivity contribution is 7.89. The molecule has 0 bridgehead atoms. The highest BCUT2D eigenvalue weighted by Crippen LogP contribution is 2.17. The van der Waals surface area contributed by atoms with Gasteiger partial charge in [0.05, 0.1) is 11.5 Å². The molecule has 0 unspecified atom stereocenters. The molecule has 0 saturated heterocycles. The summed E-state index contributed by atoms with van der Waals surface area (Å²) in [4.78, 5) is 0.355. The highest BCUT2D eigenvalue weighted by Gasteiger charge is 2.21. The number of methoxy groups -OCH3 is 1. The largest absolute Gasteiger partial charge is 0.383 e. The van der Waals surface area contributed by atoms with Crippen LogP contribution in [0.2, 0.25) is 0 Å². The first-order chi connectivity index (χ1) is 7.50. The third kappa shape index (κ3) is 2.81. The van der Waals surface area contributed by atoms with E-state index in [9.17, 15) is 8.42 Å². The van der Waals surface area contributed by atoms with Gasteiger partial charge in [-0.15, -0.1) is 0 Å². The summed E-state index contributed by atoms with van der Waals surface area (Å²) in [5, 5.41) is 0. The number of sulfonamides is 1. The van der Waals surface area contributed by atoms with Gasteiger partial charge in [0.1, 0.15) is 0 Å². The first-order valence-corrected chi connectivity index (χ1v) is 6.45. The van der Waals surface area contributed by atoms with Crippen LogP contribution in [0.3, 0.4) is 0 Å². The Labute approximate surface area is 96.9 Å². The second-order valence-corrected chi connectivity index (χ2v) is 5.60. The van der Waals surface area contributed by atoms with Crippen LogP contribution in [0.5, 0.6) is 0 Å². The van der Waals surface area contributed by atoms with Crippen molar-refractivity contribution in [2.45, 2.75) is 11.8 Å². The van der Waals surface area contributed by atoms with E-state index < -0.39 is 10.0 Å². The molecular weight excluding hydrogens is 226 g/mol. The summed E-state index contributed by atoms with van der Waals surface area (Å²) in [6.45, 7) is 2.53. The summed E-state index contributed by atoms with van der Waals surface area (Å²) in [6, 6.07) is 6.96. The number of rotatable bonds is 5. The van der Waals surface area contributed by atoms with E-state index in [1.807, 2.05) is 6.07 Å². The van der Waals surface area contributed by atoms with Crippen LogP contribution in [0, 0.1) is 6.92 Å². The van der Waals surface area contributed by atoms with Gasteiger partial charge in [-0.1, -0.05) is 18.2 Å². The second kappa shape index (κ2) is 5.43. The summed E-state index contributed by atoms with van der Waals surface area (Å²) >= 11 is 0. The second-order valence-electron chi connectivity index (χ2n) is 3.58. The van der Waals surface area contributed by atoms with Gasteiger partial charge in [0.2, 0.25) is 10.0 Å². The van der Waals surface area contributed by atoms with Crippen LogP contribution in [0.25, 0.3) is 0 Å². The average Bonchev–Trinajstić information content (AvgIpc) is 2.26. The topological polar surface area (TPSA) is 46.6 Å². The first-order valence-electron chi connectivity index (χ1n) is 5.01. The molecular formula is C11H17NO3S. The minimum absolute atomic E-state index is 0.354. The molecule has 5 heteroatoms. The molecule has 0 aromatic heterocycles. The van der Waals surface area contributed by atoms with E-state index in [4.69, 9.17) is 4.74 Å². The molecule has 1 aromatic carbocycles. The maximum atomic E-state index is 12.1. The number of hydrogen-bond donors (Lipinski definition) is 0. The van der Waals surface area contributed by atoms with Crippen LogP contribution in [-0.2, 0) is 14.8 Å². The van der Waals surface area contributed by atoms with Crippen molar-refractivity contribution in [1.82, 2.24) is 4.31 Å². The Balaban J connectivity index is 2.98. The Bertz CT molecular complexity index is 442. The fourth-order valence-electron chi connectivity index (χ4n) is 1.35. The first kappa shape index (κ1) is 13.2. The van der Waals surface area contributed by atoms with Crippen LogP contribution < -0.4 is 0 Å². The van der Waals surface area contributed by atoms with Crippen LogP contribution in [-0.4, -0.2) is 40.0 Å². The molecule has 1 aromatic rings. The molecule has 4 nitrogen and oxygen atoms in total. The number of nitrogens with zero attached hydrogens (tertiary/aromatic N) is 1. The minimum Gasteiger partial charge on any atom is -0.383 e. The van der Waals surface area contributed by atoms with Gasteiger partial charge in [0.15, 0.2) is 0 Å². The maximum Gasteiger partial charge on any atom is 0.243 e. The molecule has 1 rings (SSSR count). The standard InChI is InChI=1S/C11H17NO3S/c1-10-6-4-5-7-11(10)16(13,14)12(2)8-9-15-3/h4-7H,8-9H2,1-3H3. The molecule has 0 aliphatic rings. The van der Waals surface area contributed by atoms with Crippen molar-refractivity contribution in [1.29, 1.82) is 0 Å². The van der Waals surface area contributed by atoms with E-state index in [0.717, 1.165) is 5.56 Å². The van der Waals surface area contributed by atoms with Gasteiger partial charge < -0.3 is 4.74 Å². The van der Waals surface area contributed by atoms with Crippen LogP contribution in [0.1, 0.15) is 5.56 Å². The highest BCUT2D eigenvalue weighted by atomic mass is 32.2. The molecule has 0 aliphatic heterocycles. The van der Waals surface area contributed by atoms with Gasteiger partial charge in [-0.25, -0.2) is 8.42 Å². The molecule has 0 spiro atoms. The SMILES string of the molecule is COCCN(C)S(=O)(=O)c1ccccc1C. The van der Waals surface area contributed by atoms with E-state index in [1.54, 1.807) is 39.3 Å². The molecule has 90 valence electrons. The van der Waals surface area contributed by atoms with Crippen molar-refractivity contribution in [2.24, 2.45) is 0 Å². The van der Waals surface area contributed by atoms with E-state index in [0.29, 0.717) is 18.0 Å². The van der Waals surface area contributed by atoms with Gasteiger partial charge in [0.25, 0.3) is 0 Å². The Morgan fingerprint density at radius 2 is 1.94 bits per heavy atom. The number of benzene rings is 1. The van der Waals surface area contributed by atoms with Crippen molar-refractivity contribution in [2.75, 3.05) is 27.3 Å². The summed E-state index contributed by atoms with van der Waals surface area (Å²) in [5.74, 6) is 0. The van der Waals surface area contributed by atoms with Crippen molar-refractivity contribution in [3.8, 4) is 0 Å². The molecule has 0 amide bonds. The lowest BCUT2D eigenvalue weighted by molar-refractivity contribution is 0.185. The lowest BCUT2D eigenvalue weighted by Crippen LogP contribution is -2.30. The summed E-state index contributed by atoms with van der Waals surface area (Å²) in [7, 11) is -0.282. The quantitative estimate of drug-likeness (QED) is 0.782. The van der Waals surface area contributed by atoms with Crippen molar-refractivity contribution in [3.05, 3.63) is 29.8 Å². The van der Waals surface area contributed by atoms with Crippen molar-refractivity contribution >= 4 is 10.0 Å². The number of hydrogen-bond acceptors (Lipinski definition) is 3. The van der Waals surface area contributed by atoms with Gasteiger partial charge in [-0.3, -0.25) is 0 Å². The van der Waals surface area contributed by atoms with Crippen molar-refractivity contribution < 1.29 is 13.2 Å². The van der Waals surface area contributed by atoms with Crippen LogP contribution in [0.4, 0.5) is 0 Å². The fraction of sp³-hybridized carbons (Fsp3) is 0.455. The van der Waals surface area contributed by atoms with Gasteiger partial charge >= 0.3 is 0 Å². The summed E-state index contributed by atoms with van der Waals surface area (Å²) in [5.41, 5.74) is 0.756. The van der Waals surface area contributed by atoms with Crippen LogP contribution >= 0.6 is 0 Å². The van der Waals surface area contributed by atoms with E-state index in [2.05, 4.69) is 0 Å². The van der Waals surface area contributed by atoms with E-state index in [-0.39, 0.29) is 0 Å². The summed E-state index contributed by atoms with van der Waals surface area (Å²) < 4.78 is 30.4. The zero-order valence-electron chi connectivity index (χ0n) is 9.80. The Morgan fingerprint density at radius 1 is 1.31 bits per heavy atom. The zero-order valence-corrected chi connectivity index (χ0v) is 10.6. The molecule has 0 heterocycles. The lowest BCUT2D eigenvalue weighted by Gasteiger charge is -2.17. The molecule has 0 N–H and O–H groups in total. The lowest BCUT2D eigenvalue weighted by atomic mass is 10.2. The Hall–Kier alpha value is -0.910. The van der Waals surface area contributed by atoms with Gasteiger partial charge in [-0.05, 0) is 18.6 Å². The van der Waals surface area contributed by atoms with Gasteiger partial charge in [0, 0.05) is 20.7 Å². The maximum absolute atomic E-state index is 12.1. The van der Waals surface area contributed by atoms with Crippen LogP contribution in [0.15, 0.2) is 29.2 Å². The predicted octanol–water partition coefficient (Wildman–Crippen LogP) is 1.26. The predicted molar refractivity (Wildman–Crippen MR) is 62.9 cm³/mol. The Kier molecular flexibility index (Phi) is 4.46. The average molecular weight is 243 g/mol. The fourth-order valence-corrected chi connectivity index (χ4v) is 2.73. The number of likely N-dealkylation sites (N-methyl/N-ethyl adjacent to an activating group) is 1. The third-order valence-corrected chi connectivity index (χ3v) is 4.41. The normalized spacial score (nSPS) is 12.0. The summed E-state index contributed by atoms with van der Waals surface area (Å²) in [6.07, 6.45) is 0. The number of ether oxygens (including phenoxy) is 1. The van der Waals surface area contributed by atoms with E-state index in [1.165, 1.54) is 4.31 Å². The molecule has 0 aliphatic carbocycles. The smallest absolute Gasteiger partial charge is 0.243 e.